The van der Waals surface area contributed by atoms with E-state index in [0.29, 0.717) is 36.9 Å². The molecular weight excluding hydrogens is 373 g/mol. The number of nitrogens with two attached hydrogens (primary N) is 1. The molecule has 150 valence electrons. The van der Waals surface area contributed by atoms with Gasteiger partial charge in [-0.1, -0.05) is 13.0 Å². The van der Waals surface area contributed by atoms with E-state index in [-0.39, 0.29) is 23.3 Å². The summed E-state index contributed by atoms with van der Waals surface area (Å²) in [7, 11) is -0.861. The normalized spacial score (nSPS) is 23.2. The lowest BCUT2D eigenvalue weighted by Gasteiger charge is -2.26. The molecule has 0 bridgehead atoms. The van der Waals surface area contributed by atoms with Crippen molar-refractivity contribution in [2.24, 2.45) is 11.7 Å². The standard InChI is InChI=1S/C19H22BN5O4/c1-2-15-13-4-3-12(7-17(13)29-20(15)27)23-19-14(18(22)26)9-25(24-19)16-10-28-6-5-11(16)8-21/h3-4,7,9,11,15-16,27H,2,5-6,10H2,1H3,(H2,22,26)(H,23,24)/t11-,15?,16+/m0/s1. The van der Waals surface area contributed by atoms with Gasteiger partial charge in [0.25, 0.3) is 5.91 Å². The second kappa shape index (κ2) is 7.77. The molecule has 10 heteroatoms. The number of nitriles is 1. The molecule has 0 spiro atoms. The molecule has 0 aliphatic carbocycles. The van der Waals surface area contributed by atoms with Crippen molar-refractivity contribution in [2.75, 3.05) is 18.5 Å². The van der Waals surface area contributed by atoms with Gasteiger partial charge in [0.2, 0.25) is 0 Å². The quantitative estimate of drug-likeness (QED) is 0.656. The second-order valence-corrected chi connectivity index (χ2v) is 7.30. The smallest absolute Gasteiger partial charge is 0.530 e. The molecule has 1 aromatic heterocycles. The number of nitrogens with one attached hydrogen (secondary N) is 1. The number of anilines is 2. The molecule has 0 radical (unpaired) electrons. The number of hydrogen-bond acceptors (Lipinski definition) is 7. The number of ether oxygens (including phenoxy) is 1. The summed E-state index contributed by atoms with van der Waals surface area (Å²) in [5.41, 5.74) is 7.36. The molecule has 1 unspecified atom stereocenters. The third-order valence-corrected chi connectivity index (χ3v) is 5.54. The molecule has 1 aromatic carbocycles. The summed E-state index contributed by atoms with van der Waals surface area (Å²) in [5, 5.41) is 27.0. The van der Waals surface area contributed by atoms with Crippen LogP contribution in [0.5, 0.6) is 5.75 Å². The lowest BCUT2D eigenvalue weighted by atomic mass is 9.69. The molecule has 3 atom stereocenters. The zero-order valence-electron chi connectivity index (χ0n) is 16.0. The average molecular weight is 395 g/mol. The minimum atomic E-state index is -0.861. The van der Waals surface area contributed by atoms with E-state index in [2.05, 4.69) is 16.5 Å². The van der Waals surface area contributed by atoms with Crippen molar-refractivity contribution in [3.63, 3.8) is 0 Å². The zero-order chi connectivity index (χ0) is 20.5. The number of hydrogen-bond donors (Lipinski definition) is 3. The van der Waals surface area contributed by atoms with Crippen LogP contribution in [0.3, 0.4) is 0 Å². The summed E-state index contributed by atoms with van der Waals surface area (Å²) in [4.78, 5) is 11.9. The fraction of sp³-hybridized carbons (Fsp3) is 0.421. The number of nitrogens with zero attached hydrogens (tertiary/aromatic N) is 3. The number of benzene rings is 1. The van der Waals surface area contributed by atoms with Gasteiger partial charge in [0, 0.05) is 30.4 Å². The van der Waals surface area contributed by atoms with Crippen LogP contribution in [0.4, 0.5) is 11.5 Å². The first kappa shape index (κ1) is 19.3. The number of primary amides is 1. The lowest BCUT2D eigenvalue weighted by Crippen LogP contribution is -2.29. The lowest BCUT2D eigenvalue weighted by molar-refractivity contribution is 0.0342. The Morgan fingerprint density at radius 1 is 1.55 bits per heavy atom. The Kier molecular flexibility index (Phi) is 5.17. The Hall–Kier alpha value is -3.03. The third kappa shape index (κ3) is 3.55. The molecule has 2 aliphatic heterocycles. The van der Waals surface area contributed by atoms with E-state index in [4.69, 9.17) is 15.1 Å². The van der Waals surface area contributed by atoms with Crippen molar-refractivity contribution in [3.05, 3.63) is 35.5 Å². The van der Waals surface area contributed by atoms with E-state index in [1.807, 2.05) is 19.1 Å². The summed E-state index contributed by atoms with van der Waals surface area (Å²) in [6.07, 6.45) is 2.93. The molecular formula is C19H22BN5O4. The second-order valence-electron chi connectivity index (χ2n) is 7.30. The molecule has 2 aliphatic rings. The Bertz CT molecular complexity index is 972. The molecule has 0 saturated carbocycles. The molecule has 9 nitrogen and oxygen atoms in total. The fourth-order valence-corrected chi connectivity index (χ4v) is 3.91. The first-order valence-electron chi connectivity index (χ1n) is 9.63. The van der Waals surface area contributed by atoms with Crippen LogP contribution in [-0.4, -0.2) is 41.0 Å². The van der Waals surface area contributed by atoms with Gasteiger partial charge in [-0.2, -0.15) is 10.4 Å². The number of amides is 1. The highest BCUT2D eigenvalue weighted by molar-refractivity contribution is 6.47. The van der Waals surface area contributed by atoms with Gasteiger partial charge in [-0.05, 0) is 24.5 Å². The maximum atomic E-state index is 11.9. The number of carbonyl (C=O) groups is 1. The number of aromatic nitrogens is 2. The topological polar surface area (TPSA) is 135 Å². The van der Waals surface area contributed by atoms with E-state index in [1.54, 1.807) is 16.9 Å². The molecule has 4 N–H and O–H groups in total. The van der Waals surface area contributed by atoms with Crippen molar-refractivity contribution < 1.29 is 19.2 Å². The minimum absolute atomic E-state index is 0.0614. The van der Waals surface area contributed by atoms with Crippen LogP contribution in [0.25, 0.3) is 0 Å². The van der Waals surface area contributed by atoms with Gasteiger partial charge in [-0.3, -0.25) is 9.48 Å². The minimum Gasteiger partial charge on any atom is -0.535 e. The van der Waals surface area contributed by atoms with Crippen LogP contribution in [0, 0.1) is 17.2 Å². The molecule has 29 heavy (non-hydrogen) atoms. The Balaban J connectivity index is 1.62. The Labute approximate surface area is 168 Å². The average Bonchev–Trinajstić information content (AvgIpc) is 3.27. The van der Waals surface area contributed by atoms with Gasteiger partial charge >= 0.3 is 7.12 Å². The largest absolute Gasteiger partial charge is 0.535 e. The molecule has 1 amide bonds. The van der Waals surface area contributed by atoms with Crippen molar-refractivity contribution in [1.29, 1.82) is 5.26 Å². The SMILES string of the molecule is CCC1B(O)Oc2cc(Nc3nn([C@@H]4COCC[C@H]4C#N)cc3C(N)=O)ccc21. The summed E-state index contributed by atoms with van der Waals surface area (Å²) in [6, 6.07) is 7.50. The molecule has 4 rings (SSSR count). The van der Waals surface area contributed by atoms with Crippen LogP contribution in [0.1, 0.15) is 47.5 Å². The van der Waals surface area contributed by atoms with Crippen LogP contribution < -0.4 is 15.7 Å². The predicted molar refractivity (Wildman–Crippen MR) is 106 cm³/mol. The van der Waals surface area contributed by atoms with Crippen LogP contribution in [0.15, 0.2) is 24.4 Å². The summed E-state index contributed by atoms with van der Waals surface area (Å²) < 4.78 is 12.6. The van der Waals surface area contributed by atoms with Crippen molar-refractivity contribution in [3.8, 4) is 11.8 Å². The van der Waals surface area contributed by atoms with Crippen LogP contribution in [0.2, 0.25) is 0 Å². The fourth-order valence-electron chi connectivity index (χ4n) is 3.91. The van der Waals surface area contributed by atoms with E-state index in [0.717, 1.165) is 12.0 Å². The molecule has 1 fully saturated rings. The number of carbonyl (C=O) groups excluding carboxylic acids is 1. The van der Waals surface area contributed by atoms with Gasteiger partial charge < -0.3 is 25.5 Å². The van der Waals surface area contributed by atoms with E-state index in [1.165, 1.54) is 0 Å². The maximum Gasteiger partial charge on any atom is 0.530 e. The van der Waals surface area contributed by atoms with Crippen molar-refractivity contribution >= 4 is 24.5 Å². The van der Waals surface area contributed by atoms with Gasteiger partial charge in [0.1, 0.15) is 11.3 Å². The Morgan fingerprint density at radius 3 is 3.10 bits per heavy atom. The summed E-state index contributed by atoms with van der Waals surface area (Å²) in [5.74, 6) is -0.0421. The summed E-state index contributed by atoms with van der Waals surface area (Å²) >= 11 is 0. The van der Waals surface area contributed by atoms with Crippen molar-refractivity contribution in [1.82, 2.24) is 9.78 Å². The highest BCUT2D eigenvalue weighted by Gasteiger charge is 2.37. The molecule has 3 heterocycles. The number of rotatable bonds is 5. The Morgan fingerprint density at radius 2 is 2.38 bits per heavy atom. The third-order valence-electron chi connectivity index (χ3n) is 5.54. The van der Waals surface area contributed by atoms with Crippen LogP contribution >= 0.6 is 0 Å². The van der Waals surface area contributed by atoms with Crippen LogP contribution in [-0.2, 0) is 4.74 Å². The monoisotopic (exact) mass is 395 g/mol. The molecule has 1 saturated heterocycles. The predicted octanol–water partition coefficient (Wildman–Crippen LogP) is 1.73. The maximum absolute atomic E-state index is 11.9. The van der Waals surface area contributed by atoms with Gasteiger partial charge in [0.05, 0.1) is 24.6 Å². The van der Waals surface area contributed by atoms with Gasteiger partial charge in [0.15, 0.2) is 5.82 Å². The van der Waals surface area contributed by atoms with Gasteiger partial charge in [-0.15, -0.1) is 0 Å². The first-order chi connectivity index (χ1) is 14.0. The van der Waals surface area contributed by atoms with E-state index < -0.39 is 13.0 Å². The zero-order valence-corrected chi connectivity index (χ0v) is 16.0. The highest BCUT2D eigenvalue weighted by Crippen LogP contribution is 2.39. The summed E-state index contributed by atoms with van der Waals surface area (Å²) in [6.45, 7) is 2.87. The van der Waals surface area contributed by atoms with Crippen molar-refractivity contribution in [2.45, 2.75) is 31.6 Å². The van der Waals surface area contributed by atoms with Gasteiger partial charge in [-0.25, -0.2) is 0 Å². The van der Waals surface area contributed by atoms with E-state index in [9.17, 15) is 15.1 Å². The highest BCUT2D eigenvalue weighted by atomic mass is 16.5. The number of fused-ring (bicyclic) bond motifs is 1. The molecule has 2 aromatic rings. The van der Waals surface area contributed by atoms with E-state index >= 15 is 0 Å². The first-order valence-corrected chi connectivity index (χ1v) is 9.63.